The van der Waals surface area contributed by atoms with Gasteiger partial charge in [-0.3, -0.25) is 0 Å². The Hall–Kier alpha value is -1.22. The van der Waals surface area contributed by atoms with E-state index in [4.69, 9.17) is 4.74 Å². The van der Waals surface area contributed by atoms with Gasteiger partial charge in [0.15, 0.2) is 0 Å². The van der Waals surface area contributed by atoms with Gasteiger partial charge in [-0.05, 0) is 37.1 Å². The second-order valence-electron chi connectivity index (χ2n) is 8.89. The molecule has 2 N–H and O–H groups in total. The van der Waals surface area contributed by atoms with Crippen LogP contribution in [0.5, 0.6) is 5.75 Å². The van der Waals surface area contributed by atoms with Crippen molar-refractivity contribution in [3.8, 4) is 5.75 Å². The van der Waals surface area contributed by atoms with E-state index in [-0.39, 0.29) is 6.61 Å². The molecule has 3 nitrogen and oxygen atoms in total. The van der Waals surface area contributed by atoms with Crippen LogP contribution in [0.15, 0.2) is 24.3 Å². The molecule has 3 heteroatoms. The highest BCUT2D eigenvalue weighted by atomic mass is 16.5. The Morgan fingerprint density at radius 2 is 1.23 bits per heavy atom. The zero-order chi connectivity index (χ0) is 21.9. The quantitative estimate of drug-likeness (QED) is 0.210. The van der Waals surface area contributed by atoms with Crippen LogP contribution in [0.2, 0.25) is 0 Å². The summed E-state index contributed by atoms with van der Waals surface area (Å²) in [6.07, 6.45) is 19.4. The molecule has 1 aromatic rings. The molecule has 0 aliphatic heterocycles. The maximum absolute atomic E-state index is 10.1. The largest absolute Gasteiger partial charge is 0.497 e. The molecule has 1 aromatic carbocycles. The highest BCUT2D eigenvalue weighted by molar-refractivity contribution is 5.47. The zero-order valence-electron chi connectivity index (χ0n) is 20.1. The number of hydrogen-bond acceptors (Lipinski definition) is 3. The van der Waals surface area contributed by atoms with Crippen LogP contribution in [-0.4, -0.2) is 24.9 Å². The fourth-order valence-corrected chi connectivity index (χ4v) is 4.25. The Morgan fingerprint density at radius 1 is 0.733 bits per heavy atom. The highest BCUT2D eigenvalue weighted by Crippen LogP contribution is 2.24. The molecule has 0 bridgehead atoms. The first-order valence-corrected chi connectivity index (χ1v) is 12.8. The van der Waals surface area contributed by atoms with Gasteiger partial charge in [-0.1, -0.05) is 97.3 Å². The van der Waals surface area contributed by atoms with Gasteiger partial charge in [0.05, 0.1) is 7.11 Å². The average molecular weight is 420 g/mol. The number of methoxy groups -OCH3 is 1. The third-order valence-electron chi connectivity index (χ3n) is 6.29. The van der Waals surface area contributed by atoms with Gasteiger partial charge in [0.1, 0.15) is 5.75 Å². The average Bonchev–Trinajstić information content (AvgIpc) is 2.78. The molecule has 1 rings (SSSR count). The first kappa shape index (κ1) is 26.8. The number of aliphatic hydroxyl groups excluding tert-OH is 1. The fraction of sp³-hybridized carbons (Fsp3) is 0.778. The van der Waals surface area contributed by atoms with Gasteiger partial charge in [-0.15, -0.1) is 0 Å². The summed E-state index contributed by atoms with van der Waals surface area (Å²) < 4.78 is 5.29. The lowest BCUT2D eigenvalue weighted by atomic mass is 9.89. The van der Waals surface area contributed by atoms with Crippen molar-refractivity contribution in [3.63, 3.8) is 0 Å². The number of nitrogens with one attached hydrogen (secondary N) is 1. The summed E-state index contributed by atoms with van der Waals surface area (Å²) in [6.45, 7) is 4.81. The number of unbranched alkanes of at least 4 members (excludes halogenated alkanes) is 11. The van der Waals surface area contributed by atoms with Crippen LogP contribution in [0.3, 0.4) is 0 Å². The van der Waals surface area contributed by atoms with E-state index >= 15 is 0 Å². The molecule has 0 radical (unpaired) electrons. The monoisotopic (exact) mass is 419 g/mol. The van der Waals surface area contributed by atoms with Crippen molar-refractivity contribution in [1.82, 2.24) is 0 Å². The second-order valence-corrected chi connectivity index (χ2v) is 8.89. The van der Waals surface area contributed by atoms with Crippen molar-refractivity contribution in [2.75, 3.05) is 19.0 Å². The normalized spacial score (nSPS) is 13.2. The van der Waals surface area contributed by atoms with Gasteiger partial charge in [0.25, 0.3) is 0 Å². The van der Waals surface area contributed by atoms with E-state index < -0.39 is 0 Å². The summed E-state index contributed by atoms with van der Waals surface area (Å²) in [5.74, 6) is 1.22. The minimum Gasteiger partial charge on any atom is -0.497 e. The van der Waals surface area contributed by atoms with Crippen molar-refractivity contribution in [2.45, 2.75) is 116 Å². The number of ether oxygens (including phenoxy) is 1. The van der Waals surface area contributed by atoms with E-state index in [1.54, 1.807) is 7.11 Å². The first-order chi connectivity index (χ1) is 14.7. The fourth-order valence-electron chi connectivity index (χ4n) is 4.25. The van der Waals surface area contributed by atoms with Gasteiger partial charge in [-0.25, -0.2) is 0 Å². The topological polar surface area (TPSA) is 41.5 Å². The predicted octanol–water partition coefficient (Wildman–Crippen LogP) is 7.98. The van der Waals surface area contributed by atoms with E-state index in [0.29, 0.717) is 12.0 Å². The molecular formula is C27H49NO2. The summed E-state index contributed by atoms with van der Waals surface area (Å²) in [5.41, 5.74) is 1.13. The number of hydrogen-bond donors (Lipinski definition) is 2. The van der Waals surface area contributed by atoms with E-state index in [9.17, 15) is 5.11 Å². The van der Waals surface area contributed by atoms with Crippen LogP contribution >= 0.6 is 0 Å². The lowest BCUT2D eigenvalue weighted by Gasteiger charge is -2.28. The Kier molecular flexibility index (Phi) is 16.6. The van der Waals surface area contributed by atoms with Gasteiger partial charge in [0.2, 0.25) is 0 Å². The Labute approximate surface area is 187 Å². The van der Waals surface area contributed by atoms with Crippen LogP contribution in [0.4, 0.5) is 5.69 Å². The zero-order valence-corrected chi connectivity index (χ0v) is 20.1. The molecule has 0 saturated heterocycles. The summed E-state index contributed by atoms with van der Waals surface area (Å²) in [6, 6.07) is 8.55. The Bertz CT molecular complexity index is 488. The molecule has 30 heavy (non-hydrogen) atoms. The van der Waals surface area contributed by atoms with Crippen molar-refractivity contribution < 1.29 is 9.84 Å². The third-order valence-corrected chi connectivity index (χ3v) is 6.29. The molecule has 0 aromatic heterocycles. The van der Waals surface area contributed by atoms with Crippen LogP contribution in [0.1, 0.15) is 110 Å². The number of benzene rings is 1. The molecule has 0 saturated carbocycles. The van der Waals surface area contributed by atoms with E-state index in [1.165, 1.54) is 83.5 Å². The van der Waals surface area contributed by atoms with Crippen LogP contribution < -0.4 is 10.1 Å². The van der Waals surface area contributed by atoms with Crippen molar-refractivity contribution in [1.29, 1.82) is 0 Å². The Morgan fingerprint density at radius 3 is 1.73 bits per heavy atom. The molecule has 0 spiro atoms. The first-order valence-electron chi connectivity index (χ1n) is 12.8. The molecule has 174 valence electrons. The van der Waals surface area contributed by atoms with E-state index in [2.05, 4.69) is 31.3 Å². The number of anilines is 1. The minimum atomic E-state index is 0.277. The van der Waals surface area contributed by atoms with Crippen molar-refractivity contribution >= 4 is 5.69 Å². The molecule has 0 fully saturated rings. The number of rotatable bonds is 20. The SMILES string of the molecule is CCCCCCCCC[C@@H](Nc1ccc(OC)cc1)[C@@H](CO)CCCCCCCC. The van der Waals surface area contributed by atoms with Gasteiger partial charge in [-0.2, -0.15) is 0 Å². The maximum Gasteiger partial charge on any atom is 0.119 e. The van der Waals surface area contributed by atoms with Crippen LogP contribution in [0.25, 0.3) is 0 Å². The molecular weight excluding hydrogens is 370 g/mol. The standard InChI is InChI=1S/C27H49NO2/c1-4-6-8-10-12-14-16-18-27(28-25-19-21-26(30-3)22-20-25)24(23-29)17-15-13-11-9-7-5-2/h19-22,24,27-29H,4-18,23H2,1-3H3/t24-,27-/m1/s1. The second kappa shape index (κ2) is 18.5. The highest BCUT2D eigenvalue weighted by Gasteiger charge is 2.20. The predicted molar refractivity (Wildman–Crippen MR) is 132 cm³/mol. The Balaban J connectivity index is 2.52. The van der Waals surface area contributed by atoms with E-state index in [0.717, 1.165) is 24.3 Å². The van der Waals surface area contributed by atoms with Gasteiger partial charge < -0.3 is 15.2 Å². The molecule has 0 aliphatic carbocycles. The molecule has 0 amide bonds. The van der Waals surface area contributed by atoms with Crippen molar-refractivity contribution in [2.24, 2.45) is 5.92 Å². The van der Waals surface area contributed by atoms with E-state index in [1.807, 2.05) is 12.1 Å². The van der Waals surface area contributed by atoms with Gasteiger partial charge in [0, 0.05) is 24.3 Å². The maximum atomic E-state index is 10.1. The summed E-state index contributed by atoms with van der Waals surface area (Å²) in [7, 11) is 1.70. The van der Waals surface area contributed by atoms with Gasteiger partial charge >= 0.3 is 0 Å². The molecule has 0 heterocycles. The lowest BCUT2D eigenvalue weighted by Crippen LogP contribution is -2.31. The lowest BCUT2D eigenvalue weighted by molar-refractivity contribution is 0.193. The van der Waals surface area contributed by atoms with Crippen LogP contribution in [-0.2, 0) is 0 Å². The third kappa shape index (κ3) is 12.5. The van der Waals surface area contributed by atoms with Crippen molar-refractivity contribution in [3.05, 3.63) is 24.3 Å². The van der Waals surface area contributed by atoms with Crippen LogP contribution in [0, 0.1) is 5.92 Å². The summed E-state index contributed by atoms with van der Waals surface area (Å²) in [5, 5.41) is 13.9. The smallest absolute Gasteiger partial charge is 0.119 e. The molecule has 2 atom stereocenters. The summed E-state index contributed by atoms with van der Waals surface area (Å²) in [4.78, 5) is 0. The molecule has 0 aliphatic rings. The minimum absolute atomic E-state index is 0.277. The molecule has 0 unspecified atom stereocenters. The summed E-state index contributed by atoms with van der Waals surface area (Å²) >= 11 is 0. The number of aliphatic hydroxyl groups is 1.